The van der Waals surface area contributed by atoms with Gasteiger partial charge in [0.1, 0.15) is 10.6 Å². The molecule has 1 heterocycles. The number of carbonyl (C=O) groups is 1. The molecule has 2 N–H and O–H groups in total. The van der Waals surface area contributed by atoms with Gasteiger partial charge in [-0.25, -0.2) is 13.1 Å². The molecule has 0 radical (unpaired) electrons. The first-order chi connectivity index (χ1) is 11.3. The molecule has 3 atom stereocenters. The molecule has 6 nitrogen and oxygen atoms in total. The average Bonchev–Trinajstić information content (AvgIpc) is 2.50. The van der Waals surface area contributed by atoms with Crippen molar-refractivity contribution in [2.75, 3.05) is 11.9 Å². The third kappa shape index (κ3) is 3.45. The third-order valence-corrected chi connectivity index (χ3v) is 7.42. The van der Waals surface area contributed by atoms with Gasteiger partial charge in [-0.3, -0.25) is 4.79 Å². The summed E-state index contributed by atoms with van der Waals surface area (Å²) in [5.41, 5.74) is 0.469. The van der Waals surface area contributed by atoms with Crippen molar-refractivity contribution >= 4 is 37.5 Å². The van der Waals surface area contributed by atoms with Crippen molar-refractivity contribution < 1.29 is 17.9 Å². The fourth-order valence-electron chi connectivity index (χ4n) is 3.30. The van der Waals surface area contributed by atoms with Crippen molar-refractivity contribution in [1.29, 1.82) is 0 Å². The Kier molecular flexibility index (Phi) is 4.90. The van der Waals surface area contributed by atoms with Gasteiger partial charge in [0.05, 0.1) is 5.69 Å². The lowest BCUT2D eigenvalue weighted by molar-refractivity contribution is -0.118. The molecule has 0 bridgehead atoms. The Morgan fingerprint density at radius 2 is 2.04 bits per heavy atom. The number of carbonyl (C=O) groups excluding carboxylic acids is 1. The number of anilines is 1. The van der Waals surface area contributed by atoms with E-state index in [1.54, 1.807) is 6.07 Å². The van der Waals surface area contributed by atoms with E-state index in [4.69, 9.17) is 4.74 Å². The van der Waals surface area contributed by atoms with Gasteiger partial charge in [-0.2, -0.15) is 0 Å². The van der Waals surface area contributed by atoms with Crippen molar-refractivity contribution in [3.63, 3.8) is 0 Å². The number of halogens is 1. The second-order valence-corrected chi connectivity index (χ2v) is 9.15. The van der Waals surface area contributed by atoms with Crippen LogP contribution >= 0.6 is 15.9 Å². The lowest BCUT2D eigenvalue weighted by atomic mass is 9.78. The van der Waals surface area contributed by atoms with Gasteiger partial charge >= 0.3 is 0 Å². The number of nitrogens with one attached hydrogen (secondary N) is 2. The zero-order valence-corrected chi connectivity index (χ0v) is 16.0. The van der Waals surface area contributed by atoms with E-state index in [0.717, 1.165) is 19.3 Å². The summed E-state index contributed by atoms with van der Waals surface area (Å²) in [7, 11) is -3.68. The van der Waals surface area contributed by atoms with Crippen molar-refractivity contribution in [3.05, 3.63) is 16.6 Å². The summed E-state index contributed by atoms with van der Waals surface area (Å²) >= 11 is 3.30. The maximum Gasteiger partial charge on any atom is 0.262 e. The molecule has 24 heavy (non-hydrogen) atoms. The van der Waals surface area contributed by atoms with Gasteiger partial charge in [0.15, 0.2) is 6.61 Å². The summed E-state index contributed by atoms with van der Waals surface area (Å²) < 4.78 is 34.3. The van der Waals surface area contributed by atoms with Gasteiger partial charge in [0.25, 0.3) is 5.91 Å². The highest BCUT2D eigenvalue weighted by Gasteiger charge is 2.32. The quantitative estimate of drug-likeness (QED) is 0.792. The van der Waals surface area contributed by atoms with Crippen LogP contribution in [-0.2, 0) is 14.8 Å². The van der Waals surface area contributed by atoms with Crippen LogP contribution in [0.2, 0.25) is 0 Å². The SMILES string of the molecule is C[C@@H]1[C@H](C)CCC[C@H]1NS(=O)(=O)c1cc2c(cc1Br)NC(=O)CO2. The fraction of sp³-hybridized carbons (Fsp3) is 0.562. The Morgan fingerprint density at radius 1 is 1.29 bits per heavy atom. The summed E-state index contributed by atoms with van der Waals surface area (Å²) in [6.45, 7) is 4.15. The number of hydrogen-bond donors (Lipinski definition) is 2. The van der Waals surface area contributed by atoms with Crippen LogP contribution in [0.4, 0.5) is 5.69 Å². The van der Waals surface area contributed by atoms with Crippen molar-refractivity contribution in [1.82, 2.24) is 4.72 Å². The number of amides is 1. The minimum absolute atomic E-state index is 0.0673. The van der Waals surface area contributed by atoms with Crippen LogP contribution in [0.3, 0.4) is 0 Å². The number of rotatable bonds is 3. The summed E-state index contributed by atoms with van der Waals surface area (Å²) in [6.07, 6.45) is 3.01. The molecule has 1 fully saturated rings. The highest BCUT2D eigenvalue weighted by molar-refractivity contribution is 9.10. The molecule has 1 amide bonds. The Hall–Kier alpha value is -1.12. The van der Waals surface area contributed by atoms with Crippen LogP contribution < -0.4 is 14.8 Å². The predicted molar refractivity (Wildman–Crippen MR) is 94.6 cm³/mol. The van der Waals surface area contributed by atoms with E-state index in [9.17, 15) is 13.2 Å². The van der Waals surface area contributed by atoms with Gasteiger partial charge in [-0.1, -0.05) is 26.7 Å². The molecule has 1 saturated carbocycles. The first kappa shape index (κ1) is 17.7. The second kappa shape index (κ2) is 6.65. The van der Waals surface area contributed by atoms with Crippen LogP contribution in [-0.4, -0.2) is 27.0 Å². The lowest BCUT2D eigenvalue weighted by Crippen LogP contribution is -2.43. The molecule has 1 aliphatic heterocycles. The van der Waals surface area contributed by atoms with Crippen molar-refractivity contribution in [2.24, 2.45) is 11.8 Å². The van der Waals surface area contributed by atoms with Gasteiger partial charge < -0.3 is 10.1 Å². The number of sulfonamides is 1. The fourth-order valence-corrected chi connectivity index (χ4v) is 5.72. The number of ether oxygens (including phenoxy) is 1. The smallest absolute Gasteiger partial charge is 0.262 e. The van der Waals surface area contributed by atoms with E-state index in [1.165, 1.54) is 6.07 Å². The van der Waals surface area contributed by atoms with Gasteiger partial charge in [-0.05, 0) is 40.3 Å². The maximum absolute atomic E-state index is 12.8. The molecule has 1 aromatic carbocycles. The maximum atomic E-state index is 12.8. The van der Waals surface area contributed by atoms with Crippen LogP contribution in [0.25, 0.3) is 0 Å². The monoisotopic (exact) mass is 416 g/mol. The highest BCUT2D eigenvalue weighted by Crippen LogP contribution is 2.37. The van der Waals surface area contributed by atoms with Crippen molar-refractivity contribution in [2.45, 2.75) is 44.0 Å². The summed E-state index contributed by atoms with van der Waals surface area (Å²) in [6, 6.07) is 2.95. The standard InChI is InChI=1S/C16H21BrN2O4S/c1-9-4-3-5-12(10(9)2)19-24(21,22)15-7-14-13(6-11(15)17)18-16(20)8-23-14/h6-7,9-10,12,19H,3-5,8H2,1-2H3,(H,18,20)/t9-,10-,12-/m1/s1. The Labute approximate surface area is 150 Å². The number of hydrogen-bond acceptors (Lipinski definition) is 4. The molecule has 0 aromatic heterocycles. The number of fused-ring (bicyclic) bond motifs is 1. The molecule has 132 valence electrons. The van der Waals surface area contributed by atoms with Crippen LogP contribution in [0.1, 0.15) is 33.1 Å². The zero-order valence-electron chi connectivity index (χ0n) is 13.6. The molecular weight excluding hydrogens is 396 g/mol. The zero-order chi connectivity index (χ0) is 17.5. The molecular formula is C16H21BrN2O4S. The van der Waals surface area contributed by atoms with E-state index in [0.29, 0.717) is 27.7 Å². The van der Waals surface area contributed by atoms with Gasteiger partial charge in [-0.15, -0.1) is 0 Å². The predicted octanol–water partition coefficient (Wildman–Crippen LogP) is 2.88. The molecule has 3 rings (SSSR count). The normalized spacial score (nSPS) is 27.1. The van der Waals surface area contributed by atoms with Crippen LogP contribution in [0, 0.1) is 11.8 Å². The van der Waals surface area contributed by atoms with E-state index in [2.05, 4.69) is 39.8 Å². The van der Waals surface area contributed by atoms with E-state index >= 15 is 0 Å². The Balaban J connectivity index is 1.88. The molecule has 0 saturated heterocycles. The first-order valence-corrected chi connectivity index (χ1v) is 10.3. The highest BCUT2D eigenvalue weighted by atomic mass is 79.9. The number of benzene rings is 1. The minimum Gasteiger partial charge on any atom is -0.482 e. The van der Waals surface area contributed by atoms with E-state index in [1.807, 2.05) is 0 Å². The Bertz CT molecular complexity index is 766. The summed E-state index contributed by atoms with van der Waals surface area (Å²) in [5.74, 6) is 0.897. The van der Waals surface area contributed by atoms with Crippen LogP contribution in [0.5, 0.6) is 5.75 Å². The van der Waals surface area contributed by atoms with E-state index in [-0.39, 0.29) is 23.5 Å². The molecule has 1 aromatic rings. The summed E-state index contributed by atoms with van der Waals surface area (Å²) in [4.78, 5) is 11.5. The third-order valence-electron chi connectivity index (χ3n) is 4.97. The molecule has 0 spiro atoms. The topological polar surface area (TPSA) is 84.5 Å². The first-order valence-electron chi connectivity index (χ1n) is 8.06. The molecule has 0 unspecified atom stereocenters. The largest absolute Gasteiger partial charge is 0.482 e. The lowest BCUT2D eigenvalue weighted by Gasteiger charge is -2.34. The van der Waals surface area contributed by atoms with Gasteiger partial charge in [0, 0.05) is 16.6 Å². The summed E-state index contributed by atoms with van der Waals surface area (Å²) in [5, 5.41) is 2.66. The molecule has 2 aliphatic rings. The Morgan fingerprint density at radius 3 is 2.79 bits per heavy atom. The van der Waals surface area contributed by atoms with Gasteiger partial charge in [0.2, 0.25) is 10.0 Å². The average molecular weight is 417 g/mol. The minimum atomic E-state index is -3.68. The van der Waals surface area contributed by atoms with E-state index < -0.39 is 10.0 Å². The molecule has 8 heteroatoms. The van der Waals surface area contributed by atoms with Crippen molar-refractivity contribution in [3.8, 4) is 5.75 Å². The second-order valence-electron chi connectivity index (χ2n) is 6.61. The molecule has 1 aliphatic carbocycles. The van der Waals surface area contributed by atoms with Crippen LogP contribution in [0.15, 0.2) is 21.5 Å².